The third-order valence-electron chi connectivity index (χ3n) is 4.06. The summed E-state index contributed by atoms with van der Waals surface area (Å²) in [4.78, 5) is 13.4. The van der Waals surface area contributed by atoms with Crippen molar-refractivity contribution in [3.8, 4) is 5.75 Å². The lowest BCUT2D eigenvalue weighted by Crippen LogP contribution is -2.26. The van der Waals surface area contributed by atoms with Gasteiger partial charge in [0.2, 0.25) is 0 Å². The number of ether oxygens (including phenoxy) is 1. The van der Waals surface area contributed by atoms with E-state index in [9.17, 15) is 4.79 Å². The molecule has 0 aliphatic carbocycles. The summed E-state index contributed by atoms with van der Waals surface area (Å²) in [5.41, 5.74) is 0.651. The smallest absolute Gasteiger partial charge is 0.251 e. The average Bonchev–Trinajstić information content (AvgIpc) is 3.27. The standard InChI is InChI=1S/C18H22N2O2S/c21-18(20-9-7-14-6-8-19-12-14)15-3-1-4-16(11-15)22-13-17-5-2-10-23-17/h1-5,10-11,14,19H,6-9,12-13H2,(H,20,21). The summed E-state index contributed by atoms with van der Waals surface area (Å²) in [6.45, 7) is 3.44. The van der Waals surface area contributed by atoms with Gasteiger partial charge >= 0.3 is 0 Å². The fraction of sp³-hybridized carbons (Fsp3) is 0.389. The number of carbonyl (C=O) groups excluding carboxylic acids is 1. The number of amides is 1. The molecule has 0 saturated carbocycles. The summed E-state index contributed by atoms with van der Waals surface area (Å²) in [6.07, 6.45) is 2.25. The molecule has 1 aromatic carbocycles. The van der Waals surface area contributed by atoms with E-state index in [0.29, 0.717) is 18.1 Å². The fourth-order valence-electron chi connectivity index (χ4n) is 2.73. The van der Waals surface area contributed by atoms with Crippen LogP contribution in [0.5, 0.6) is 5.75 Å². The Kier molecular flexibility index (Phi) is 5.66. The van der Waals surface area contributed by atoms with Gasteiger partial charge in [0.15, 0.2) is 0 Å². The highest BCUT2D eigenvalue weighted by Crippen LogP contribution is 2.17. The maximum absolute atomic E-state index is 12.2. The molecule has 3 rings (SSSR count). The van der Waals surface area contributed by atoms with Gasteiger partial charge in [-0.05, 0) is 61.5 Å². The molecule has 0 bridgehead atoms. The van der Waals surface area contributed by atoms with E-state index in [2.05, 4.69) is 10.6 Å². The minimum Gasteiger partial charge on any atom is -0.488 e. The predicted octanol–water partition coefficient (Wildman–Crippen LogP) is 3.06. The largest absolute Gasteiger partial charge is 0.488 e. The number of hydrogen-bond donors (Lipinski definition) is 2. The number of benzene rings is 1. The van der Waals surface area contributed by atoms with E-state index >= 15 is 0 Å². The van der Waals surface area contributed by atoms with Gasteiger partial charge in [-0.3, -0.25) is 4.79 Å². The van der Waals surface area contributed by atoms with Crippen molar-refractivity contribution in [1.29, 1.82) is 0 Å². The monoisotopic (exact) mass is 330 g/mol. The van der Waals surface area contributed by atoms with Gasteiger partial charge in [0.25, 0.3) is 5.91 Å². The molecule has 2 N–H and O–H groups in total. The molecule has 1 fully saturated rings. The summed E-state index contributed by atoms with van der Waals surface area (Å²) < 4.78 is 5.75. The molecular weight excluding hydrogens is 308 g/mol. The minimum absolute atomic E-state index is 0.0301. The summed E-state index contributed by atoms with van der Waals surface area (Å²) in [7, 11) is 0. The Morgan fingerprint density at radius 2 is 2.30 bits per heavy atom. The molecule has 2 aromatic rings. The minimum atomic E-state index is -0.0301. The number of carbonyl (C=O) groups is 1. The predicted molar refractivity (Wildman–Crippen MR) is 93.0 cm³/mol. The zero-order valence-electron chi connectivity index (χ0n) is 13.1. The quantitative estimate of drug-likeness (QED) is 0.820. The zero-order chi connectivity index (χ0) is 15.9. The Morgan fingerprint density at radius 1 is 1.35 bits per heavy atom. The van der Waals surface area contributed by atoms with Gasteiger partial charge in [-0.2, -0.15) is 0 Å². The van der Waals surface area contributed by atoms with Crippen molar-refractivity contribution in [3.05, 3.63) is 52.2 Å². The topological polar surface area (TPSA) is 50.4 Å². The van der Waals surface area contributed by atoms with Crippen molar-refractivity contribution in [3.63, 3.8) is 0 Å². The number of rotatable bonds is 7. The van der Waals surface area contributed by atoms with Crippen LogP contribution in [0.4, 0.5) is 0 Å². The Morgan fingerprint density at radius 3 is 3.09 bits per heavy atom. The molecule has 5 heteroatoms. The third-order valence-corrected chi connectivity index (χ3v) is 4.91. The lowest BCUT2D eigenvalue weighted by Gasteiger charge is -2.10. The Balaban J connectivity index is 1.48. The average molecular weight is 330 g/mol. The van der Waals surface area contributed by atoms with Crippen LogP contribution in [0.25, 0.3) is 0 Å². The van der Waals surface area contributed by atoms with Crippen LogP contribution >= 0.6 is 11.3 Å². The van der Waals surface area contributed by atoms with Crippen molar-refractivity contribution < 1.29 is 9.53 Å². The van der Waals surface area contributed by atoms with Gasteiger partial charge in [-0.25, -0.2) is 0 Å². The van der Waals surface area contributed by atoms with Gasteiger partial charge in [0.05, 0.1) is 0 Å². The summed E-state index contributed by atoms with van der Waals surface area (Å²) in [6, 6.07) is 11.4. The van der Waals surface area contributed by atoms with E-state index in [0.717, 1.165) is 31.8 Å². The van der Waals surface area contributed by atoms with Gasteiger partial charge in [0.1, 0.15) is 12.4 Å². The Hall–Kier alpha value is -1.85. The lowest BCUT2D eigenvalue weighted by molar-refractivity contribution is 0.0951. The lowest BCUT2D eigenvalue weighted by atomic mass is 10.1. The SMILES string of the molecule is O=C(NCCC1CCNC1)c1cccc(OCc2cccs2)c1. The molecule has 1 aliphatic rings. The van der Waals surface area contributed by atoms with Crippen LogP contribution in [0.2, 0.25) is 0 Å². The van der Waals surface area contributed by atoms with E-state index in [1.807, 2.05) is 35.7 Å². The molecule has 0 spiro atoms. The van der Waals surface area contributed by atoms with Crippen molar-refractivity contribution in [2.24, 2.45) is 5.92 Å². The highest BCUT2D eigenvalue weighted by molar-refractivity contribution is 7.09. The van der Waals surface area contributed by atoms with Crippen LogP contribution in [0.1, 0.15) is 28.1 Å². The fourth-order valence-corrected chi connectivity index (χ4v) is 3.35. The van der Waals surface area contributed by atoms with Crippen molar-refractivity contribution in [2.45, 2.75) is 19.4 Å². The van der Waals surface area contributed by atoms with Crippen molar-refractivity contribution in [1.82, 2.24) is 10.6 Å². The first-order valence-electron chi connectivity index (χ1n) is 8.05. The number of hydrogen-bond acceptors (Lipinski definition) is 4. The third kappa shape index (κ3) is 4.81. The molecule has 1 atom stereocenters. The highest BCUT2D eigenvalue weighted by Gasteiger charge is 2.14. The first-order valence-corrected chi connectivity index (χ1v) is 8.93. The van der Waals surface area contributed by atoms with Crippen LogP contribution in [0.3, 0.4) is 0 Å². The number of thiophene rings is 1. The molecule has 23 heavy (non-hydrogen) atoms. The molecule has 1 unspecified atom stereocenters. The van der Waals surface area contributed by atoms with Gasteiger partial charge in [0, 0.05) is 17.0 Å². The van der Waals surface area contributed by atoms with Crippen LogP contribution in [-0.4, -0.2) is 25.5 Å². The Labute approximate surface area is 140 Å². The van der Waals surface area contributed by atoms with E-state index in [1.165, 1.54) is 11.3 Å². The first-order chi connectivity index (χ1) is 11.3. The van der Waals surface area contributed by atoms with Crippen LogP contribution in [0, 0.1) is 5.92 Å². The summed E-state index contributed by atoms with van der Waals surface area (Å²) >= 11 is 1.67. The van der Waals surface area contributed by atoms with Crippen molar-refractivity contribution >= 4 is 17.2 Å². The van der Waals surface area contributed by atoms with E-state index in [-0.39, 0.29) is 5.91 Å². The molecule has 0 radical (unpaired) electrons. The molecule has 1 aromatic heterocycles. The second-order valence-electron chi connectivity index (χ2n) is 5.80. The molecule has 2 heterocycles. The summed E-state index contributed by atoms with van der Waals surface area (Å²) in [5.74, 6) is 1.39. The molecule has 1 amide bonds. The molecule has 122 valence electrons. The van der Waals surface area contributed by atoms with Crippen LogP contribution in [0.15, 0.2) is 41.8 Å². The number of nitrogens with one attached hydrogen (secondary N) is 2. The maximum Gasteiger partial charge on any atom is 0.251 e. The molecule has 4 nitrogen and oxygen atoms in total. The summed E-state index contributed by atoms with van der Waals surface area (Å²) in [5, 5.41) is 8.38. The molecule has 1 saturated heterocycles. The van der Waals surface area contributed by atoms with Gasteiger partial charge in [-0.1, -0.05) is 12.1 Å². The maximum atomic E-state index is 12.2. The van der Waals surface area contributed by atoms with Gasteiger partial charge < -0.3 is 15.4 Å². The molecular formula is C18H22N2O2S. The molecule has 1 aliphatic heterocycles. The highest BCUT2D eigenvalue weighted by atomic mass is 32.1. The second kappa shape index (κ2) is 8.13. The Bertz CT molecular complexity index is 622. The van der Waals surface area contributed by atoms with E-state index in [1.54, 1.807) is 17.4 Å². The van der Waals surface area contributed by atoms with Gasteiger partial charge in [-0.15, -0.1) is 11.3 Å². The normalized spacial score (nSPS) is 17.1. The first kappa shape index (κ1) is 16.0. The van der Waals surface area contributed by atoms with Crippen LogP contribution < -0.4 is 15.4 Å². The van der Waals surface area contributed by atoms with Crippen molar-refractivity contribution in [2.75, 3.05) is 19.6 Å². The second-order valence-corrected chi connectivity index (χ2v) is 6.83. The van der Waals surface area contributed by atoms with E-state index < -0.39 is 0 Å². The van der Waals surface area contributed by atoms with Crippen LogP contribution in [-0.2, 0) is 6.61 Å². The zero-order valence-corrected chi connectivity index (χ0v) is 13.9. The van der Waals surface area contributed by atoms with E-state index in [4.69, 9.17) is 4.74 Å².